The van der Waals surface area contributed by atoms with Crippen LogP contribution in [-0.2, 0) is 26.5 Å². The van der Waals surface area contributed by atoms with Gasteiger partial charge in [0, 0.05) is 51.4 Å². The molecular weight excluding hydrogens is 655 g/mol. The maximum atomic E-state index is 13.9. The average Bonchev–Trinajstić information content (AvgIpc) is 3.07. The molecule has 0 aliphatic heterocycles. The fourth-order valence-electron chi connectivity index (χ4n) is 5.06. The highest BCUT2D eigenvalue weighted by atomic mass is 32.2. The fourth-order valence-corrected chi connectivity index (χ4v) is 7.20. The molecule has 0 fully saturated rings. The smallest absolute Gasteiger partial charge is 0.253 e. The minimum Gasteiger partial charge on any atom is -0.390 e. The number of likely N-dealkylation sites (N-methyl/N-ethyl adjacent to an activating group) is 1. The second-order valence-corrected chi connectivity index (χ2v) is 15.4. The van der Waals surface area contributed by atoms with Gasteiger partial charge in [0.2, 0.25) is 10.0 Å². The Morgan fingerprint density at radius 2 is 1.35 bits per heavy atom. The summed E-state index contributed by atoms with van der Waals surface area (Å²) in [6.07, 6.45) is 0.305. The number of hydrogen-bond acceptors (Lipinski definition) is 8. The molecule has 0 saturated heterocycles. The highest BCUT2D eigenvalue weighted by Crippen LogP contribution is 2.21. The minimum atomic E-state index is -4.03. The van der Waals surface area contributed by atoms with Crippen LogP contribution in [-0.4, -0.2) is 100 Å². The number of hydrazine groups is 1. The highest BCUT2D eigenvalue weighted by molar-refractivity contribution is 7.89. The van der Waals surface area contributed by atoms with Gasteiger partial charge >= 0.3 is 0 Å². The monoisotopic (exact) mass is 701 g/mol. The molecule has 0 aromatic heterocycles. The molecule has 0 spiro atoms. The molecule has 0 radical (unpaired) electrons. The van der Waals surface area contributed by atoms with Crippen molar-refractivity contribution in [3.63, 3.8) is 0 Å². The summed E-state index contributed by atoms with van der Waals surface area (Å²) in [6.45, 7) is 6.55. The Hall–Kier alpha value is -3.66. The number of nitrogens with zero attached hydrogens (tertiary/aromatic N) is 3. The van der Waals surface area contributed by atoms with Crippen LogP contribution in [0.25, 0.3) is 0 Å². The van der Waals surface area contributed by atoms with E-state index in [1.807, 2.05) is 44.2 Å². The molecule has 2 atom stereocenters. The standard InChI is InChI=1S/C34H47N5O7S2/c1-6-19-38(20-7-2)34(42)28-22-27(23-30(24-28)48(45,46)37(4)5)33(41)35-31(21-26-15-11-9-12-16-26)32(40)25-39(8-3)36-47(43,44)29-17-13-10-14-18-29/h9-18,22-24,31-32,36,40H,6-8,19-21,25H2,1-5H3,(H,35,41). The second-order valence-electron chi connectivity index (χ2n) is 11.6. The van der Waals surface area contributed by atoms with Crippen LogP contribution >= 0.6 is 0 Å². The maximum absolute atomic E-state index is 13.9. The van der Waals surface area contributed by atoms with Crippen LogP contribution in [0.15, 0.2) is 88.7 Å². The van der Waals surface area contributed by atoms with E-state index in [2.05, 4.69) is 10.1 Å². The van der Waals surface area contributed by atoms with E-state index in [0.29, 0.717) is 25.9 Å². The predicted molar refractivity (Wildman–Crippen MR) is 185 cm³/mol. The van der Waals surface area contributed by atoms with Gasteiger partial charge in [-0.1, -0.05) is 69.3 Å². The number of rotatable bonds is 18. The molecule has 3 aromatic rings. The summed E-state index contributed by atoms with van der Waals surface area (Å²) in [6, 6.07) is 19.9. The van der Waals surface area contributed by atoms with Crippen LogP contribution < -0.4 is 10.1 Å². The van der Waals surface area contributed by atoms with Crippen molar-refractivity contribution in [3.05, 3.63) is 95.6 Å². The molecule has 0 heterocycles. The van der Waals surface area contributed by atoms with Gasteiger partial charge in [-0.25, -0.2) is 26.1 Å². The summed E-state index contributed by atoms with van der Waals surface area (Å²) in [5.41, 5.74) is 0.776. The molecule has 262 valence electrons. The van der Waals surface area contributed by atoms with Crippen molar-refractivity contribution >= 4 is 31.9 Å². The first-order chi connectivity index (χ1) is 22.7. The topological polar surface area (TPSA) is 156 Å². The number of aliphatic hydroxyl groups excluding tert-OH is 1. The van der Waals surface area contributed by atoms with Crippen molar-refractivity contribution in [2.24, 2.45) is 0 Å². The number of carbonyl (C=O) groups is 2. The largest absolute Gasteiger partial charge is 0.390 e. The van der Waals surface area contributed by atoms with Crippen molar-refractivity contribution < 1.29 is 31.5 Å². The summed E-state index contributed by atoms with van der Waals surface area (Å²) in [7, 11) is -5.25. The van der Waals surface area contributed by atoms with Crippen molar-refractivity contribution in [2.45, 2.75) is 62.0 Å². The van der Waals surface area contributed by atoms with Gasteiger partial charge in [-0.2, -0.15) is 0 Å². The summed E-state index contributed by atoms with van der Waals surface area (Å²) >= 11 is 0. The van der Waals surface area contributed by atoms with Crippen molar-refractivity contribution in [3.8, 4) is 0 Å². The van der Waals surface area contributed by atoms with Crippen LogP contribution in [0.2, 0.25) is 0 Å². The second kappa shape index (κ2) is 17.7. The minimum absolute atomic E-state index is 0.0533. The highest BCUT2D eigenvalue weighted by Gasteiger charge is 2.29. The number of benzene rings is 3. The summed E-state index contributed by atoms with van der Waals surface area (Å²) in [5, 5.41) is 15.6. The van der Waals surface area contributed by atoms with E-state index >= 15 is 0 Å². The Morgan fingerprint density at radius 3 is 1.90 bits per heavy atom. The SMILES string of the molecule is CCCN(CCC)C(=O)c1cc(C(=O)NC(Cc2ccccc2)C(O)CN(CC)NS(=O)(=O)c2ccccc2)cc(S(=O)(=O)N(C)C)c1. The first-order valence-corrected chi connectivity index (χ1v) is 18.9. The lowest BCUT2D eigenvalue weighted by Crippen LogP contribution is -2.53. The lowest BCUT2D eigenvalue weighted by atomic mass is 10.00. The Bertz CT molecular complexity index is 1710. The van der Waals surface area contributed by atoms with E-state index in [1.165, 1.54) is 49.4 Å². The Morgan fingerprint density at radius 1 is 0.792 bits per heavy atom. The van der Waals surface area contributed by atoms with Crippen LogP contribution in [0, 0.1) is 0 Å². The average molecular weight is 702 g/mol. The van der Waals surface area contributed by atoms with Crippen LogP contribution in [0.1, 0.15) is 59.9 Å². The molecule has 0 aliphatic rings. The van der Waals surface area contributed by atoms with Crippen molar-refractivity contribution in [1.82, 2.24) is 24.4 Å². The molecule has 0 aliphatic carbocycles. The first-order valence-electron chi connectivity index (χ1n) is 16.0. The van der Waals surface area contributed by atoms with Crippen LogP contribution in [0.3, 0.4) is 0 Å². The normalized spacial score (nSPS) is 13.3. The predicted octanol–water partition coefficient (Wildman–Crippen LogP) is 3.12. The van der Waals surface area contributed by atoms with Crippen molar-refractivity contribution in [1.29, 1.82) is 0 Å². The molecule has 14 heteroatoms. The zero-order valence-electron chi connectivity index (χ0n) is 28.2. The Balaban J connectivity index is 1.98. The number of carbonyl (C=O) groups excluding carboxylic acids is 2. The van der Waals surface area contributed by atoms with Gasteiger partial charge in [-0.15, -0.1) is 4.83 Å². The van der Waals surface area contributed by atoms with Crippen LogP contribution in [0.5, 0.6) is 0 Å². The molecule has 3 N–H and O–H groups in total. The number of sulfonamides is 2. The summed E-state index contributed by atoms with van der Waals surface area (Å²) in [5.74, 6) is -1.10. The number of aliphatic hydroxyl groups is 1. The lowest BCUT2D eigenvalue weighted by molar-refractivity contribution is 0.0635. The lowest BCUT2D eigenvalue weighted by Gasteiger charge is -2.30. The third kappa shape index (κ3) is 10.4. The zero-order chi connectivity index (χ0) is 35.5. The quantitative estimate of drug-likeness (QED) is 0.171. The molecule has 0 bridgehead atoms. The maximum Gasteiger partial charge on any atom is 0.253 e. The molecule has 2 amide bonds. The Labute approximate surface area is 284 Å². The van der Waals surface area contributed by atoms with Gasteiger partial charge in [0.15, 0.2) is 0 Å². The van der Waals surface area contributed by atoms with Gasteiger partial charge in [-0.05, 0) is 55.2 Å². The van der Waals surface area contributed by atoms with Crippen molar-refractivity contribution in [2.75, 3.05) is 40.3 Å². The van der Waals surface area contributed by atoms with E-state index in [9.17, 15) is 31.5 Å². The summed E-state index contributed by atoms with van der Waals surface area (Å²) < 4.78 is 53.4. The summed E-state index contributed by atoms with van der Waals surface area (Å²) in [4.78, 5) is 31.4. The third-order valence-electron chi connectivity index (χ3n) is 7.64. The Kier molecular flexibility index (Phi) is 14.3. The van der Waals surface area contributed by atoms with E-state index in [0.717, 1.165) is 9.87 Å². The number of hydrogen-bond donors (Lipinski definition) is 3. The van der Waals surface area contributed by atoms with E-state index in [1.54, 1.807) is 30.0 Å². The molecule has 0 saturated carbocycles. The van der Waals surface area contributed by atoms with Gasteiger partial charge in [-0.3, -0.25) is 9.59 Å². The van der Waals surface area contributed by atoms with Gasteiger partial charge in [0.25, 0.3) is 21.8 Å². The zero-order valence-corrected chi connectivity index (χ0v) is 29.8. The molecule has 3 rings (SSSR count). The van der Waals surface area contributed by atoms with E-state index in [-0.39, 0.29) is 40.4 Å². The van der Waals surface area contributed by atoms with Crippen LogP contribution in [0.4, 0.5) is 0 Å². The number of nitrogens with one attached hydrogen (secondary N) is 2. The number of amides is 2. The van der Waals surface area contributed by atoms with E-state index in [4.69, 9.17) is 0 Å². The van der Waals surface area contributed by atoms with E-state index < -0.39 is 44.0 Å². The van der Waals surface area contributed by atoms with Gasteiger partial charge < -0.3 is 15.3 Å². The molecule has 3 aromatic carbocycles. The van der Waals surface area contributed by atoms with Gasteiger partial charge in [0.05, 0.1) is 21.9 Å². The molecule has 48 heavy (non-hydrogen) atoms. The van der Waals surface area contributed by atoms with Gasteiger partial charge in [0.1, 0.15) is 0 Å². The molecule has 2 unspecified atom stereocenters. The third-order valence-corrected chi connectivity index (χ3v) is 10.8. The fraction of sp³-hybridized carbons (Fsp3) is 0.412. The molecule has 12 nitrogen and oxygen atoms in total. The first kappa shape index (κ1) is 38.8. The molecular formula is C34H47N5O7S2.